The fourth-order valence-corrected chi connectivity index (χ4v) is 0.518. The molecule has 0 aromatic carbocycles. The lowest BCUT2D eigenvalue weighted by Crippen LogP contribution is -2.24. The Kier molecular flexibility index (Phi) is 4.45. The molecular formula is C8H11NO3. The van der Waals surface area contributed by atoms with Gasteiger partial charge in [-0.3, -0.25) is 4.79 Å². The molecule has 0 fully saturated rings. The summed E-state index contributed by atoms with van der Waals surface area (Å²) in [6.07, 6.45) is 1.34. The molecule has 0 saturated heterocycles. The van der Waals surface area contributed by atoms with Gasteiger partial charge in [-0.05, 0) is 0 Å². The fourth-order valence-electron chi connectivity index (χ4n) is 0.518. The average Bonchev–Trinajstić information content (AvgIpc) is 2.00. The predicted molar refractivity (Wildman–Crippen MR) is 44.6 cm³/mol. The monoisotopic (exact) mass is 169 g/mol. The lowest BCUT2D eigenvalue weighted by Gasteiger charge is -2.00. The van der Waals surface area contributed by atoms with Gasteiger partial charge in [0.05, 0.1) is 6.42 Å². The van der Waals surface area contributed by atoms with Gasteiger partial charge in [-0.2, -0.15) is 0 Å². The van der Waals surface area contributed by atoms with Crippen molar-refractivity contribution in [3.63, 3.8) is 0 Å². The van der Waals surface area contributed by atoms with Crippen LogP contribution in [0.3, 0.4) is 0 Å². The van der Waals surface area contributed by atoms with Crippen molar-refractivity contribution >= 4 is 11.9 Å². The third kappa shape index (κ3) is 4.27. The van der Waals surface area contributed by atoms with Gasteiger partial charge in [-0.15, -0.1) is 6.58 Å². The fraction of sp³-hybridized carbons (Fsp3) is 0.250. The zero-order valence-corrected chi connectivity index (χ0v) is 6.67. The van der Waals surface area contributed by atoms with Gasteiger partial charge in [0.15, 0.2) is 0 Å². The molecule has 12 heavy (non-hydrogen) atoms. The number of amides is 1. The molecule has 0 spiro atoms. The lowest BCUT2D eigenvalue weighted by atomic mass is 10.2. The molecule has 0 aliphatic carbocycles. The van der Waals surface area contributed by atoms with E-state index in [1.165, 1.54) is 6.08 Å². The molecule has 0 aromatic rings. The van der Waals surface area contributed by atoms with E-state index in [4.69, 9.17) is 5.11 Å². The van der Waals surface area contributed by atoms with Crippen LogP contribution < -0.4 is 5.32 Å². The highest BCUT2D eigenvalue weighted by Gasteiger charge is 2.08. The second-order valence-corrected chi connectivity index (χ2v) is 2.18. The molecule has 0 radical (unpaired) electrons. The van der Waals surface area contributed by atoms with E-state index in [0.717, 1.165) is 0 Å². The summed E-state index contributed by atoms with van der Waals surface area (Å²) in [5.74, 6) is -1.51. The third-order valence-corrected chi connectivity index (χ3v) is 1.12. The molecule has 0 rings (SSSR count). The number of carbonyl (C=O) groups is 2. The number of hydrogen-bond donors (Lipinski definition) is 2. The first-order valence-corrected chi connectivity index (χ1v) is 3.36. The van der Waals surface area contributed by atoms with Crippen molar-refractivity contribution in [2.75, 3.05) is 6.54 Å². The first-order chi connectivity index (χ1) is 5.57. The maximum absolute atomic E-state index is 10.8. The molecule has 66 valence electrons. The van der Waals surface area contributed by atoms with E-state index in [2.05, 4.69) is 18.5 Å². The normalized spacial score (nSPS) is 8.67. The number of rotatable bonds is 5. The van der Waals surface area contributed by atoms with Crippen molar-refractivity contribution in [1.29, 1.82) is 0 Å². The Bertz CT molecular complexity index is 220. The first kappa shape index (κ1) is 10.4. The van der Waals surface area contributed by atoms with Crippen LogP contribution in [0.4, 0.5) is 0 Å². The minimum atomic E-state index is -1.15. The Morgan fingerprint density at radius 3 is 2.50 bits per heavy atom. The third-order valence-electron chi connectivity index (χ3n) is 1.12. The average molecular weight is 169 g/mol. The molecule has 0 saturated carbocycles. The highest BCUT2D eigenvalue weighted by Crippen LogP contribution is 1.96. The quantitative estimate of drug-likeness (QED) is 0.460. The van der Waals surface area contributed by atoms with Gasteiger partial charge in [0.1, 0.15) is 0 Å². The van der Waals surface area contributed by atoms with E-state index in [9.17, 15) is 9.59 Å². The minimum absolute atomic E-state index is 0.114. The summed E-state index contributed by atoms with van der Waals surface area (Å²) in [6, 6.07) is 0. The van der Waals surface area contributed by atoms with Crippen LogP contribution in [0.1, 0.15) is 6.42 Å². The Labute approximate surface area is 70.6 Å². The first-order valence-electron chi connectivity index (χ1n) is 3.36. The van der Waals surface area contributed by atoms with Crippen molar-refractivity contribution in [1.82, 2.24) is 5.32 Å². The molecule has 2 N–H and O–H groups in total. The molecule has 1 amide bonds. The van der Waals surface area contributed by atoms with Gasteiger partial charge in [-0.25, -0.2) is 4.79 Å². The van der Waals surface area contributed by atoms with Gasteiger partial charge >= 0.3 is 5.97 Å². The molecular weight excluding hydrogens is 158 g/mol. The maximum Gasteiger partial charge on any atom is 0.331 e. The molecule has 0 aliphatic rings. The van der Waals surface area contributed by atoms with Gasteiger partial charge < -0.3 is 10.4 Å². The van der Waals surface area contributed by atoms with Crippen LogP contribution in [-0.2, 0) is 9.59 Å². The minimum Gasteiger partial charge on any atom is -0.478 e. The van der Waals surface area contributed by atoms with E-state index in [1.54, 1.807) is 0 Å². The SMILES string of the molecule is C=CCNC(=O)CC(=C)C(=O)O. The molecule has 0 aromatic heterocycles. The summed E-state index contributed by atoms with van der Waals surface area (Å²) in [5, 5.41) is 10.8. The van der Waals surface area contributed by atoms with Crippen LogP contribution in [-0.4, -0.2) is 23.5 Å². The number of aliphatic carboxylic acids is 1. The lowest BCUT2D eigenvalue weighted by molar-refractivity contribution is -0.134. The second kappa shape index (κ2) is 5.12. The van der Waals surface area contributed by atoms with E-state index in [1.807, 2.05) is 0 Å². The summed E-state index contributed by atoms with van der Waals surface area (Å²) in [7, 11) is 0. The number of hydrogen-bond acceptors (Lipinski definition) is 2. The highest BCUT2D eigenvalue weighted by atomic mass is 16.4. The van der Waals surface area contributed by atoms with Gasteiger partial charge in [0, 0.05) is 12.1 Å². The molecule has 0 atom stereocenters. The van der Waals surface area contributed by atoms with Gasteiger partial charge in [-0.1, -0.05) is 12.7 Å². The molecule has 0 bridgehead atoms. The summed E-state index contributed by atoms with van der Waals surface area (Å²) < 4.78 is 0. The van der Waals surface area contributed by atoms with Crippen molar-refractivity contribution in [2.45, 2.75) is 6.42 Å². The van der Waals surface area contributed by atoms with Crippen molar-refractivity contribution in [3.05, 3.63) is 24.8 Å². The molecule has 4 heteroatoms. The van der Waals surface area contributed by atoms with Crippen LogP contribution >= 0.6 is 0 Å². The summed E-state index contributed by atoms with van der Waals surface area (Å²) in [6.45, 7) is 6.95. The van der Waals surface area contributed by atoms with Crippen LogP contribution in [0, 0.1) is 0 Å². The molecule has 4 nitrogen and oxygen atoms in total. The second-order valence-electron chi connectivity index (χ2n) is 2.18. The van der Waals surface area contributed by atoms with Crippen LogP contribution in [0.2, 0.25) is 0 Å². The van der Waals surface area contributed by atoms with E-state index in [0.29, 0.717) is 6.54 Å². The zero-order valence-electron chi connectivity index (χ0n) is 6.67. The van der Waals surface area contributed by atoms with E-state index in [-0.39, 0.29) is 17.9 Å². The van der Waals surface area contributed by atoms with Crippen LogP contribution in [0.25, 0.3) is 0 Å². The number of carboxylic acids is 1. The molecule has 0 aliphatic heterocycles. The Morgan fingerprint density at radius 2 is 2.08 bits per heavy atom. The van der Waals surface area contributed by atoms with Crippen molar-refractivity contribution < 1.29 is 14.7 Å². The van der Waals surface area contributed by atoms with E-state index < -0.39 is 5.97 Å². The predicted octanol–water partition coefficient (Wildman–Crippen LogP) is 0.319. The van der Waals surface area contributed by atoms with Gasteiger partial charge in [0.25, 0.3) is 0 Å². The Morgan fingerprint density at radius 1 is 1.50 bits per heavy atom. The maximum atomic E-state index is 10.8. The van der Waals surface area contributed by atoms with Crippen LogP contribution in [0.5, 0.6) is 0 Å². The van der Waals surface area contributed by atoms with Crippen molar-refractivity contribution in [3.8, 4) is 0 Å². The largest absolute Gasteiger partial charge is 0.478 e. The number of nitrogens with one attached hydrogen (secondary N) is 1. The number of carbonyl (C=O) groups excluding carboxylic acids is 1. The van der Waals surface area contributed by atoms with Gasteiger partial charge in [0.2, 0.25) is 5.91 Å². The summed E-state index contributed by atoms with van der Waals surface area (Å²) >= 11 is 0. The number of carboxylic acid groups (broad SMARTS) is 1. The molecule has 0 heterocycles. The molecule has 0 unspecified atom stereocenters. The Hall–Kier alpha value is -1.58. The summed E-state index contributed by atoms with van der Waals surface area (Å²) in [4.78, 5) is 21.0. The van der Waals surface area contributed by atoms with Crippen LogP contribution in [0.15, 0.2) is 24.8 Å². The Balaban J connectivity index is 3.76. The van der Waals surface area contributed by atoms with E-state index >= 15 is 0 Å². The standard InChI is InChI=1S/C8H11NO3/c1-3-4-9-7(10)5-6(2)8(11)12/h3H,1-2,4-5H2,(H,9,10)(H,11,12). The smallest absolute Gasteiger partial charge is 0.331 e. The zero-order chi connectivity index (χ0) is 9.56. The summed E-state index contributed by atoms with van der Waals surface area (Å²) in [5.41, 5.74) is -0.114. The topological polar surface area (TPSA) is 66.4 Å². The van der Waals surface area contributed by atoms with Crippen molar-refractivity contribution in [2.24, 2.45) is 0 Å². The highest BCUT2D eigenvalue weighted by molar-refractivity contribution is 5.93.